The first-order valence-electron chi connectivity index (χ1n) is 14.8. The lowest BCUT2D eigenvalue weighted by Crippen LogP contribution is -3.00. The van der Waals surface area contributed by atoms with E-state index in [-0.39, 0.29) is 29.5 Å². The molecule has 5 nitrogen and oxygen atoms in total. The summed E-state index contributed by atoms with van der Waals surface area (Å²) in [5, 5.41) is 2.91. The molecule has 0 saturated heterocycles. The van der Waals surface area contributed by atoms with Crippen molar-refractivity contribution in [3.05, 3.63) is 70.7 Å². The van der Waals surface area contributed by atoms with Gasteiger partial charge in [0.2, 0.25) is 5.51 Å². The molecule has 3 aromatic rings. The molecule has 1 aromatic heterocycles. The third-order valence-corrected chi connectivity index (χ3v) is 7.64. The quantitative estimate of drug-likeness (QED) is 0.133. The Morgan fingerprint density at radius 2 is 1.38 bits per heavy atom. The number of nitrogens with zero attached hydrogens (tertiary/aromatic N) is 1. The number of rotatable bonds is 20. The number of carbonyl (C=O) groups is 1. The van der Waals surface area contributed by atoms with E-state index in [2.05, 4.69) is 35.4 Å². The number of ether oxygens (including phenoxy) is 2. The molecule has 220 valence electrons. The average molecular weight is 632 g/mol. The van der Waals surface area contributed by atoms with Crippen LogP contribution in [0.1, 0.15) is 94.4 Å². The fourth-order valence-electron chi connectivity index (χ4n) is 4.59. The largest absolute Gasteiger partial charge is 1.00 e. The molecule has 0 bridgehead atoms. The van der Waals surface area contributed by atoms with Crippen LogP contribution in [0, 0.1) is 6.92 Å². The molecule has 1 heterocycles. The first-order valence-corrected chi connectivity index (χ1v) is 15.7. The molecule has 1 amide bonds. The molecule has 0 atom stereocenters. The summed E-state index contributed by atoms with van der Waals surface area (Å²) in [7, 11) is 0. The Bertz CT molecular complexity index is 1090. The van der Waals surface area contributed by atoms with Gasteiger partial charge in [0.1, 0.15) is 0 Å². The summed E-state index contributed by atoms with van der Waals surface area (Å²) in [6.07, 6.45) is 18.0. The van der Waals surface area contributed by atoms with Crippen LogP contribution in [0.4, 0.5) is 5.69 Å². The highest BCUT2D eigenvalue weighted by Crippen LogP contribution is 2.27. The molecule has 0 fully saturated rings. The van der Waals surface area contributed by atoms with Gasteiger partial charge in [-0.05, 0) is 37.6 Å². The number of halogens is 1. The molecule has 0 unspecified atom stereocenters. The molecule has 0 radical (unpaired) electrons. The van der Waals surface area contributed by atoms with Crippen molar-refractivity contribution >= 4 is 22.9 Å². The van der Waals surface area contributed by atoms with Crippen molar-refractivity contribution in [3.8, 4) is 11.5 Å². The van der Waals surface area contributed by atoms with E-state index >= 15 is 0 Å². The van der Waals surface area contributed by atoms with Crippen LogP contribution >= 0.6 is 11.3 Å². The van der Waals surface area contributed by atoms with Gasteiger partial charge in [0, 0.05) is 11.3 Å². The predicted molar refractivity (Wildman–Crippen MR) is 162 cm³/mol. The molecule has 1 N–H and O–H groups in total. The number of benzene rings is 2. The van der Waals surface area contributed by atoms with Crippen molar-refractivity contribution < 1.29 is 35.8 Å². The van der Waals surface area contributed by atoms with Crippen molar-refractivity contribution in [3.63, 3.8) is 0 Å². The Hall–Kier alpha value is -2.38. The second-order valence-corrected chi connectivity index (χ2v) is 11.4. The Labute approximate surface area is 256 Å². The Morgan fingerprint density at radius 3 is 1.95 bits per heavy atom. The fraction of sp³-hybridized carbons (Fsp3) is 0.515. The smallest absolute Gasteiger partial charge is 0.262 e. The monoisotopic (exact) mass is 630 g/mol. The molecule has 0 spiro atoms. The lowest BCUT2D eigenvalue weighted by Gasteiger charge is -2.13. The molecule has 0 saturated carbocycles. The van der Waals surface area contributed by atoms with E-state index < -0.39 is 0 Å². The van der Waals surface area contributed by atoms with Crippen molar-refractivity contribution in [2.24, 2.45) is 0 Å². The van der Waals surface area contributed by atoms with Gasteiger partial charge in [-0.3, -0.25) is 4.79 Å². The Balaban J connectivity index is 0.00000560. The van der Waals surface area contributed by atoms with Gasteiger partial charge in [-0.25, -0.2) is 0 Å². The maximum Gasteiger partial charge on any atom is 0.262 e. The van der Waals surface area contributed by atoms with E-state index in [0.29, 0.717) is 18.1 Å². The second kappa shape index (κ2) is 20.5. The Morgan fingerprint density at radius 1 is 0.800 bits per heavy atom. The van der Waals surface area contributed by atoms with Crippen molar-refractivity contribution in [1.29, 1.82) is 0 Å². The van der Waals surface area contributed by atoms with E-state index in [1.165, 1.54) is 81.1 Å². The van der Waals surface area contributed by atoms with Crippen LogP contribution in [0.3, 0.4) is 0 Å². The van der Waals surface area contributed by atoms with Crippen LogP contribution in [-0.4, -0.2) is 19.1 Å². The molecule has 0 aliphatic heterocycles. The van der Waals surface area contributed by atoms with Gasteiger partial charge in [0.05, 0.1) is 11.5 Å². The number of anilines is 1. The summed E-state index contributed by atoms with van der Waals surface area (Å²) in [5.41, 5.74) is 4.06. The summed E-state index contributed by atoms with van der Waals surface area (Å²) >= 11 is 1.73. The number of nitrogens with one attached hydrogen (secondary N) is 1. The Kier molecular flexibility index (Phi) is 17.3. The predicted octanol–water partition coefficient (Wildman–Crippen LogP) is 5.49. The molecule has 0 aliphatic rings. The first-order chi connectivity index (χ1) is 19.1. The van der Waals surface area contributed by atoms with E-state index in [9.17, 15) is 4.79 Å². The van der Waals surface area contributed by atoms with Gasteiger partial charge < -0.3 is 31.8 Å². The highest BCUT2D eigenvalue weighted by molar-refractivity contribution is 7.09. The van der Waals surface area contributed by atoms with Gasteiger partial charge >= 0.3 is 0 Å². The fourth-order valence-corrected chi connectivity index (χ4v) is 5.22. The number of carbonyl (C=O) groups excluding carboxylic acids is 1. The number of aryl methyl sites for hydroxylation is 1. The van der Waals surface area contributed by atoms with Crippen LogP contribution in [0.2, 0.25) is 0 Å². The molecule has 0 aliphatic carbocycles. The summed E-state index contributed by atoms with van der Waals surface area (Å²) in [6.45, 7) is 5.79. The minimum absolute atomic E-state index is 0. The number of amides is 1. The van der Waals surface area contributed by atoms with E-state index in [0.717, 1.165) is 18.7 Å². The molecule has 3 rings (SSSR count). The molecular formula is C33H47BrN2O3S. The van der Waals surface area contributed by atoms with Crippen molar-refractivity contribution in [1.82, 2.24) is 0 Å². The third-order valence-electron chi connectivity index (χ3n) is 6.79. The standard InChI is InChI=1S/C33H46N2O3S.BrH/c1-3-4-5-6-7-8-9-10-11-12-13-16-23-37-31-17-14-15-18-32(31)38-26-33(36)34-30-21-19-29(20-22-30)25-35-24-28(2)39-27-35;/h14-15,17-22,24,27H,3-13,16,23,25-26H2,1-2H3;1H. The van der Waals surface area contributed by atoms with E-state index in [4.69, 9.17) is 9.47 Å². The maximum absolute atomic E-state index is 12.5. The highest BCUT2D eigenvalue weighted by atomic mass is 79.9. The number of unbranched alkanes of at least 4 members (excludes halogenated alkanes) is 11. The van der Waals surface area contributed by atoms with Gasteiger partial charge in [-0.2, -0.15) is 4.57 Å². The zero-order valence-electron chi connectivity index (χ0n) is 24.3. The normalized spacial score (nSPS) is 10.7. The lowest BCUT2D eigenvalue weighted by atomic mass is 10.1. The van der Waals surface area contributed by atoms with E-state index in [1.54, 1.807) is 11.3 Å². The van der Waals surface area contributed by atoms with Crippen LogP contribution in [0.5, 0.6) is 11.5 Å². The van der Waals surface area contributed by atoms with Gasteiger partial charge in [0.25, 0.3) is 5.91 Å². The number of hydrogen-bond donors (Lipinski definition) is 1. The van der Waals surface area contributed by atoms with Gasteiger partial charge in [0.15, 0.2) is 30.8 Å². The summed E-state index contributed by atoms with van der Waals surface area (Å²) in [6, 6.07) is 15.5. The number of thiazole rings is 1. The average Bonchev–Trinajstić information content (AvgIpc) is 3.36. The topological polar surface area (TPSA) is 51.4 Å². The molecule has 2 aromatic carbocycles. The third kappa shape index (κ3) is 13.8. The van der Waals surface area contributed by atoms with E-state index in [1.807, 2.05) is 48.5 Å². The molecular weight excluding hydrogens is 584 g/mol. The summed E-state index contributed by atoms with van der Waals surface area (Å²) < 4.78 is 14.0. The zero-order chi connectivity index (χ0) is 27.5. The number of hydrogen-bond acceptors (Lipinski definition) is 4. The summed E-state index contributed by atoms with van der Waals surface area (Å²) in [5.74, 6) is 1.10. The number of para-hydroxylation sites is 2. The summed E-state index contributed by atoms with van der Waals surface area (Å²) in [4.78, 5) is 13.8. The maximum atomic E-state index is 12.5. The molecule has 7 heteroatoms. The van der Waals surface area contributed by atoms with Crippen LogP contribution < -0.4 is 36.3 Å². The molecule has 40 heavy (non-hydrogen) atoms. The minimum Gasteiger partial charge on any atom is -1.00 e. The highest BCUT2D eigenvalue weighted by Gasteiger charge is 2.10. The van der Waals surface area contributed by atoms with Gasteiger partial charge in [-0.15, -0.1) is 0 Å². The number of aromatic nitrogens is 1. The van der Waals surface area contributed by atoms with Gasteiger partial charge in [-0.1, -0.05) is 113 Å². The van der Waals surface area contributed by atoms with Crippen molar-refractivity contribution in [2.75, 3.05) is 18.5 Å². The SMILES string of the molecule is CCCCCCCCCCCCCCOc1ccccc1OCC(=O)Nc1ccc(C[n+]2csc(C)c2)cc1.[Br-]. The second-order valence-electron chi connectivity index (χ2n) is 10.4. The minimum atomic E-state index is -0.193. The van der Waals surface area contributed by atoms with Crippen LogP contribution in [-0.2, 0) is 11.3 Å². The zero-order valence-corrected chi connectivity index (χ0v) is 26.7. The lowest BCUT2D eigenvalue weighted by molar-refractivity contribution is -0.683. The first kappa shape index (κ1) is 33.8. The van der Waals surface area contributed by atoms with Crippen LogP contribution in [0.25, 0.3) is 0 Å². The van der Waals surface area contributed by atoms with Crippen molar-refractivity contribution in [2.45, 2.75) is 97.4 Å². The van der Waals surface area contributed by atoms with Crippen LogP contribution in [0.15, 0.2) is 60.2 Å².